The smallest absolute Gasteiger partial charge is 0.0439 e. The first kappa shape index (κ1) is 12.8. The average molecular weight is 217 g/mol. The lowest BCUT2D eigenvalue weighted by Crippen LogP contribution is -2.22. The molecule has 0 aromatic heterocycles. The minimum absolute atomic E-state index is 1.06. The minimum atomic E-state index is 1.06. The molecule has 1 nitrogen and oxygen atoms in total. The van der Waals surface area contributed by atoms with Gasteiger partial charge in [-0.25, -0.2) is 0 Å². The van der Waals surface area contributed by atoms with Gasteiger partial charge >= 0.3 is 0 Å². The maximum Gasteiger partial charge on any atom is 0.0439 e. The van der Waals surface area contributed by atoms with Crippen molar-refractivity contribution in [1.82, 2.24) is 0 Å². The molecule has 0 spiro atoms. The van der Waals surface area contributed by atoms with Gasteiger partial charge in [0.25, 0.3) is 0 Å². The second kappa shape index (κ2) is 7.10. The SMILES string of the molecule is CCCC=Cc1ccccc1N(CC)CC. The lowest BCUT2D eigenvalue weighted by Gasteiger charge is -2.23. The molecule has 1 rings (SSSR count). The summed E-state index contributed by atoms with van der Waals surface area (Å²) in [6.07, 6.45) is 6.88. The van der Waals surface area contributed by atoms with Crippen molar-refractivity contribution in [3.8, 4) is 0 Å². The van der Waals surface area contributed by atoms with E-state index in [-0.39, 0.29) is 0 Å². The second-order valence-corrected chi connectivity index (χ2v) is 3.92. The van der Waals surface area contributed by atoms with Crippen molar-refractivity contribution in [2.24, 2.45) is 0 Å². The Morgan fingerprint density at radius 2 is 1.75 bits per heavy atom. The largest absolute Gasteiger partial charge is 0.372 e. The second-order valence-electron chi connectivity index (χ2n) is 3.92. The number of para-hydroxylation sites is 1. The first-order valence-corrected chi connectivity index (χ1v) is 6.33. The normalized spacial score (nSPS) is 10.9. The van der Waals surface area contributed by atoms with Crippen LogP contribution in [0, 0.1) is 0 Å². The first-order valence-electron chi connectivity index (χ1n) is 6.33. The van der Waals surface area contributed by atoms with E-state index in [4.69, 9.17) is 0 Å². The van der Waals surface area contributed by atoms with E-state index in [0.717, 1.165) is 19.5 Å². The van der Waals surface area contributed by atoms with E-state index in [0.29, 0.717) is 0 Å². The summed E-state index contributed by atoms with van der Waals surface area (Å²) in [5.41, 5.74) is 2.68. The van der Waals surface area contributed by atoms with Crippen LogP contribution < -0.4 is 4.90 Å². The third-order valence-corrected chi connectivity index (χ3v) is 2.79. The molecule has 0 saturated heterocycles. The predicted molar refractivity (Wildman–Crippen MR) is 73.9 cm³/mol. The lowest BCUT2D eigenvalue weighted by atomic mass is 10.1. The Morgan fingerprint density at radius 3 is 2.38 bits per heavy atom. The number of hydrogen-bond donors (Lipinski definition) is 0. The number of unbranched alkanes of at least 4 members (excludes halogenated alkanes) is 1. The minimum Gasteiger partial charge on any atom is -0.372 e. The summed E-state index contributed by atoms with van der Waals surface area (Å²) in [6.45, 7) is 8.75. The fourth-order valence-electron chi connectivity index (χ4n) is 1.86. The summed E-state index contributed by atoms with van der Waals surface area (Å²) in [5, 5.41) is 0. The van der Waals surface area contributed by atoms with E-state index in [1.165, 1.54) is 17.7 Å². The Morgan fingerprint density at radius 1 is 1.06 bits per heavy atom. The van der Waals surface area contributed by atoms with E-state index in [2.05, 4.69) is 62.1 Å². The third kappa shape index (κ3) is 3.41. The molecule has 0 aliphatic carbocycles. The van der Waals surface area contributed by atoms with Gasteiger partial charge in [-0.15, -0.1) is 0 Å². The van der Waals surface area contributed by atoms with E-state index in [1.54, 1.807) is 0 Å². The molecule has 0 amide bonds. The maximum absolute atomic E-state index is 2.39. The summed E-state index contributed by atoms with van der Waals surface area (Å²) in [6, 6.07) is 8.63. The number of rotatable bonds is 6. The standard InChI is InChI=1S/C15H23N/c1-4-7-8-11-14-12-9-10-13-15(14)16(5-2)6-3/h8-13H,4-7H2,1-3H3. The molecule has 0 atom stereocenters. The fourth-order valence-corrected chi connectivity index (χ4v) is 1.86. The number of hydrogen-bond acceptors (Lipinski definition) is 1. The van der Waals surface area contributed by atoms with Crippen LogP contribution in [0.25, 0.3) is 6.08 Å². The molecule has 16 heavy (non-hydrogen) atoms. The molecule has 0 bridgehead atoms. The molecule has 0 fully saturated rings. The summed E-state index contributed by atoms with van der Waals surface area (Å²) in [7, 11) is 0. The quantitative estimate of drug-likeness (QED) is 0.685. The molecule has 0 saturated carbocycles. The van der Waals surface area contributed by atoms with Gasteiger partial charge < -0.3 is 4.90 Å². The van der Waals surface area contributed by atoms with Crippen LogP contribution >= 0.6 is 0 Å². The highest BCUT2D eigenvalue weighted by molar-refractivity contribution is 5.67. The van der Waals surface area contributed by atoms with Gasteiger partial charge in [0, 0.05) is 18.8 Å². The van der Waals surface area contributed by atoms with Gasteiger partial charge in [0.1, 0.15) is 0 Å². The number of benzene rings is 1. The summed E-state index contributed by atoms with van der Waals surface area (Å²) < 4.78 is 0. The number of nitrogens with zero attached hydrogens (tertiary/aromatic N) is 1. The van der Waals surface area contributed by atoms with E-state index < -0.39 is 0 Å². The van der Waals surface area contributed by atoms with Crippen molar-refractivity contribution < 1.29 is 0 Å². The molecule has 88 valence electrons. The molecule has 1 aromatic carbocycles. The van der Waals surface area contributed by atoms with Gasteiger partial charge in [-0.1, -0.05) is 43.7 Å². The molecule has 1 aromatic rings. The molecule has 0 N–H and O–H groups in total. The van der Waals surface area contributed by atoms with Crippen LogP contribution in [-0.4, -0.2) is 13.1 Å². The van der Waals surface area contributed by atoms with Crippen molar-refractivity contribution in [3.05, 3.63) is 35.9 Å². The number of anilines is 1. The third-order valence-electron chi connectivity index (χ3n) is 2.79. The summed E-state index contributed by atoms with van der Waals surface area (Å²) >= 11 is 0. The van der Waals surface area contributed by atoms with Crippen molar-refractivity contribution in [3.63, 3.8) is 0 Å². The number of allylic oxidation sites excluding steroid dienone is 1. The Labute approximate surface area is 99.8 Å². The topological polar surface area (TPSA) is 3.24 Å². The predicted octanol–water partition coefficient (Wildman–Crippen LogP) is 4.35. The van der Waals surface area contributed by atoms with Crippen molar-refractivity contribution in [1.29, 1.82) is 0 Å². The summed E-state index contributed by atoms with van der Waals surface area (Å²) in [4.78, 5) is 2.39. The molecule has 0 radical (unpaired) electrons. The van der Waals surface area contributed by atoms with Gasteiger partial charge in [-0.3, -0.25) is 0 Å². The summed E-state index contributed by atoms with van der Waals surface area (Å²) in [5.74, 6) is 0. The van der Waals surface area contributed by atoms with Crippen LogP contribution in [0.5, 0.6) is 0 Å². The molecule has 0 heterocycles. The van der Waals surface area contributed by atoms with Crippen LogP contribution in [0.2, 0.25) is 0 Å². The van der Waals surface area contributed by atoms with Gasteiger partial charge in [-0.05, 0) is 31.9 Å². The highest BCUT2D eigenvalue weighted by atomic mass is 15.1. The molecule has 0 aliphatic rings. The van der Waals surface area contributed by atoms with E-state index in [9.17, 15) is 0 Å². The van der Waals surface area contributed by atoms with E-state index in [1.807, 2.05) is 0 Å². The Kier molecular flexibility index (Phi) is 5.69. The fraction of sp³-hybridized carbons (Fsp3) is 0.467. The zero-order valence-corrected chi connectivity index (χ0v) is 10.7. The Bertz CT molecular complexity index is 324. The monoisotopic (exact) mass is 217 g/mol. The molecular formula is C15H23N. The lowest BCUT2D eigenvalue weighted by molar-refractivity contribution is 0.865. The zero-order chi connectivity index (χ0) is 11.8. The maximum atomic E-state index is 2.39. The molecular weight excluding hydrogens is 194 g/mol. The van der Waals surface area contributed by atoms with Crippen molar-refractivity contribution >= 4 is 11.8 Å². The Balaban J connectivity index is 2.90. The highest BCUT2D eigenvalue weighted by Gasteiger charge is 2.04. The molecule has 0 aliphatic heterocycles. The van der Waals surface area contributed by atoms with Crippen LogP contribution in [0.3, 0.4) is 0 Å². The van der Waals surface area contributed by atoms with Crippen LogP contribution in [-0.2, 0) is 0 Å². The molecule has 0 unspecified atom stereocenters. The van der Waals surface area contributed by atoms with Crippen LogP contribution in [0.15, 0.2) is 30.3 Å². The van der Waals surface area contributed by atoms with Gasteiger partial charge in [0.05, 0.1) is 0 Å². The zero-order valence-electron chi connectivity index (χ0n) is 10.7. The van der Waals surface area contributed by atoms with Crippen LogP contribution in [0.4, 0.5) is 5.69 Å². The van der Waals surface area contributed by atoms with E-state index >= 15 is 0 Å². The van der Waals surface area contributed by atoms with Gasteiger partial charge in [0.15, 0.2) is 0 Å². The molecule has 1 heteroatoms. The van der Waals surface area contributed by atoms with Crippen molar-refractivity contribution in [2.75, 3.05) is 18.0 Å². The first-order chi connectivity index (χ1) is 7.83. The van der Waals surface area contributed by atoms with Crippen LogP contribution in [0.1, 0.15) is 39.2 Å². The van der Waals surface area contributed by atoms with Gasteiger partial charge in [0.2, 0.25) is 0 Å². The van der Waals surface area contributed by atoms with Crippen molar-refractivity contribution in [2.45, 2.75) is 33.6 Å². The Hall–Kier alpha value is -1.24. The highest BCUT2D eigenvalue weighted by Crippen LogP contribution is 2.21. The van der Waals surface area contributed by atoms with Gasteiger partial charge in [-0.2, -0.15) is 0 Å². The average Bonchev–Trinajstić information content (AvgIpc) is 2.33.